The summed E-state index contributed by atoms with van der Waals surface area (Å²) in [5.74, 6) is -0.137. The van der Waals surface area contributed by atoms with Gasteiger partial charge in [-0.05, 0) is 44.0 Å². The third-order valence-corrected chi connectivity index (χ3v) is 3.14. The van der Waals surface area contributed by atoms with E-state index in [1.807, 2.05) is 12.1 Å². The molecule has 0 spiro atoms. The van der Waals surface area contributed by atoms with Gasteiger partial charge in [0.05, 0.1) is 0 Å². The Morgan fingerprint density at radius 1 is 1.44 bits per heavy atom. The Morgan fingerprint density at radius 3 is 3.00 bits per heavy atom. The molecule has 2 N–H and O–H groups in total. The Labute approximate surface area is 96.2 Å². The quantitative estimate of drug-likeness (QED) is 0.821. The fourth-order valence-electron chi connectivity index (χ4n) is 2.04. The fourth-order valence-corrected chi connectivity index (χ4v) is 2.04. The summed E-state index contributed by atoms with van der Waals surface area (Å²) in [5, 5.41) is 6.74. The summed E-state index contributed by atoms with van der Waals surface area (Å²) in [7, 11) is 0. The lowest BCUT2D eigenvalue weighted by atomic mass is 10.1. The van der Waals surface area contributed by atoms with Crippen molar-refractivity contribution < 1.29 is 4.39 Å². The van der Waals surface area contributed by atoms with E-state index in [1.54, 1.807) is 13.0 Å². The Morgan fingerprint density at radius 2 is 2.31 bits per heavy atom. The van der Waals surface area contributed by atoms with Gasteiger partial charge in [-0.15, -0.1) is 0 Å². The highest BCUT2D eigenvalue weighted by atomic mass is 19.1. The molecule has 16 heavy (non-hydrogen) atoms. The molecular formula is C13H19FN2. The van der Waals surface area contributed by atoms with Crippen molar-refractivity contribution >= 4 is 5.69 Å². The number of piperidine rings is 1. The molecule has 1 heterocycles. The largest absolute Gasteiger partial charge is 0.383 e. The summed E-state index contributed by atoms with van der Waals surface area (Å²) in [6, 6.07) is 5.84. The summed E-state index contributed by atoms with van der Waals surface area (Å²) in [5.41, 5.74) is 1.57. The molecule has 3 heteroatoms. The van der Waals surface area contributed by atoms with Gasteiger partial charge < -0.3 is 10.6 Å². The Bertz CT molecular complexity index is 346. The van der Waals surface area contributed by atoms with Gasteiger partial charge >= 0.3 is 0 Å². The van der Waals surface area contributed by atoms with Crippen LogP contribution in [0.15, 0.2) is 18.2 Å². The molecule has 0 saturated carbocycles. The Kier molecular flexibility index (Phi) is 3.78. The average Bonchev–Trinajstić information content (AvgIpc) is 2.32. The van der Waals surface area contributed by atoms with Crippen LogP contribution in [-0.4, -0.2) is 19.1 Å². The van der Waals surface area contributed by atoms with Gasteiger partial charge in [-0.25, -0.2) is 4.39 Å². The molecule has 1 atom stereocenters. The molecule has 1 aromatic carbocycles. The van der Waals surface area contributed by atoms with E-state index >= 15 is 0 Å². The summed E-state index contributed by atoms with van der Waals surface area (Å²) < 4.78 is 13.3. The fraction of sp³-hybridized carbons (Fsp3) is 0.538. The molecule has 2 nitrogen and oxygen atoms in total. The van der Waals surface area contributed by atoms with E-state index in [2.05, 4.69) is 10.6 Å². The first-order valence-corrected chi connectivity index (χ1v) is 5.99. The van der Waals surface area contributed by atoms with E-state index in [1.165, 1.54) is 19.3 Å². The minimum Gasteiger partial charge on any atom is -0.383 e. The van der Waals surface area contributed by atoms with Crippen molar-refractivity contribution in [2.75, 3.05) is 18.4 Å². The average molecular weight is 222 g/mol. The van der Waals surface area contributed by atoms with Crippen LogP contribution in [0.25, 0.3) is 0 Å². The second-order valence-electron chi connectivity index (χ2n) is 4.49. The van der Waals surface area contributed by atoms with Crippen LogP contribution < -0.4 is 10.6 Å². The third-order valence-electron chi connectivity index (χ3n) is 3.14. The summed E-state index contributed by atoms with van der Waals surface area (Å²) in [6.45, 7) is 3.76. The molecule has 1 unspecified atom stereocenters. The SMILES string of the molecule is Cc1ccc(NCC2CCCCN2)cc1F. The lowest BCUT2D eigenvalue weighted by Gasteiger charge is -2.24. The minimum absolute atomic E-state index is 0.137. The topological polar surface area (TPSA) is 24.1 Å². The van der Waals surface area contributed by atoms with Gasteiger partial charge in [0.15, 0.2) is 0 Å². The molecule has 0 aromatic heterocycles. The molecule has 1 aliphatic rings. The van der Waals surface area contributed by atoms with Gasteiger partial charge in [0, 0.05) is 18.3 Å². The van der Waals surface area contributed by atoms with Gasteiger partial charge in [-0.2, -0.15) is 0 Å². The van der Waals surface area contributed by atoms with E-state index in [9.17, 15) is 4.39 Å². The van der Waals surface area contributed by atoms with Gasteiger partial charge in [0.2, 0.25) is 0 Å². The highest BCUT2D eigenvalue weighted by Crippen LogP contribution is 2.14. The van der Waals surface area contributed by atoms with Crippen molar-refractivity contribution in [2.45, 2.75) is 32.2 Å². The van der Waals surface area contributed by atoms with Crippen molar-refractivity contribution in [2.24, 2.45) is 0 Å². The summed E-state index contributed by atoms with van der Waals surface area (Å²) in [6.07, 6.45) is 3.78. The van der Waals surface area contributed by atoms with Crippen LogP contribution in [0.3, 0.4) is 0 Å². The molecular weight excluding hydrogens is 203 g/mol. The maximum Gasteiger partial charge on any atom is 0.128 e. The lowest BCUT2D eigenvalue weighted by molar-refractivity contribution is 0.414. The second kappa shape index (κ2) is 5.30. The Balaban J connectivity index is 1.86. The molecule has 0 bridgehead atoms. The predicted molar refractivity (Wildman–Crippen MR) is 65.3 cm³/mol. The zero-order valence-electron chi connectivity index (χ0n) is 9.72. The zero-order valence-corrected chi connectivity index (χ0v) is 9.72. The predicted octanol–water partition coefficient (Wildman–Crippen LogP) is 2.69. The summed E-state index contributed by atoms with van der Waals surface area (Å²) in [4.78, 5) is 0. The first kappa shape index (κ1) is 11.4. The lowest BCUT2D eigenvalue weighted by Crippen LogP contribution is -2.39. The second-order valence-corrected chi connectivity index (χ2v) is 4.49. The van der Waals surface area contributed by atoms with E-state index in [0.717, 1.165) is 18.8 Å². The van der Waals surface area contributed by atoms with Gasteiger partial charge in [-0.1, -0.05) is 12.5 Å². The van der Waals surface area contributed by atoms with Crippen LogP contribution in [0.4, 0.5) is 10.1 Å². The van der Waals surface area contributed by atoms with Gasteiger partial charge in [0.1, 0.15) is 5.82 Å². The van der Waals surface area contributed by atoms with Gasteiger partial charge in [-0.3, -0.25) is 0 Å². The highest BCUT2D eigenvalue weighted by Gasteiger charge is 2.11. The highest BCUT2D eigenvalue weighted by molar-refractivity contribution is 5.45. The van der Waals surface area contributed by atoms with Gasteiger partial charge in [0.25, 0.3) is 0 Å². The van der Waals surface area contributed by atoms with Crippen LogP contribution in [0.1, 0.15) is 24.8 Å². The van der Waals surface area contributed by atoms with Crippen LogP contribution in [0, 0.1) is 12.7 Å². The number of aryl methyl sites for hydroxylation is 1. The van der Waals surface area contributed by atoms with Crippen LogP contribution in [0.5, 0.6) is 0 Å². The maximum atomic E-state index is 13.3. The first-order chi connectivity index (χ1) is 7.75. The smallest absolute Gasteiger partial charge is 0.128 e. The first-order valence-electron chi connectivity index (χ1n) is 5.99. The maximum absolute atomic E-state index is 13.3. The van der Waals surface area contributed by atoms with Crippen LogP contribution >= 0.6 is 0 Å². The summed E-state index contributed by atoms with van der Waals surface area (Å²) >= 11 is 0. The number of hydrogen-bond acceptors (Lipinski definition) is 2. The monoisotopic (exact) mass is 222 g/mol. The van der Waals surface area contributed by atoms with E-state index in [0.29, 0.717) is 11.6 Å². The molecule has 2 rings (SSSR count). The molecule has 1 saturated heterocycles. The molecule has 1 aliphatic heterocycles. The number of halogens is 1. The van der Waals surface area contributed by atoms with E-state index in [4.69, 9.17) is 0 Å². The normalized spacial score (nSPS) is 20.8. The molecule has 0 radical (unpaired) electrons. The van der Waals surface area contributed by atoms with Crippen molar-refractivity contribution in [3.8, 4) is 0 Å². The molecule has 0 amide bonds. The minimum atomic E-state index is -0.137. The molecule has 1 aromatic rings. The molecule has 88 valence electrons. The Hall–Kier alpha value is -1.09. The number of benzene rings is 1. The van der Waals surface area contributed by atoms with E-state index < -0.39 is 0 Å². The number of rotatable bonds is 3. The number of nitrogens with one attached hydrogen (secondary N) is 2. The van der Waals surface area contributed by atoms with Crippen molar-refractivity contribution in [1.29, 1.82) is 0 Å². The van der Waals surface area contributed by atoms with Crippen molar-refractivity contribution in [1.82, 2.24) is 5.32 Å². The van der Waals surface area contributed by atoms with Crippen LogP contribution in [0.2, 0.25) is 0 Å². The van der Waals surface area contributed by atoms with Crippen molar-refractivity contribution in [3.63, 3.8) is 0 Å². The standard InChI is InChI=1S/C13H19FN2/c1-10-5-6-11(8-13(10)14)16-9-12-4-2-3-7-15-12/h5-6,8,12,15-16H,2-4,7,9H2,1H3. The zero-order chi connectivity index (χ0) is 11.4. The van der Waals surface area contributed by atoms with Crippen molar-refractivity contribution in [3.05, 3.63) is 29.6 Å². The van der Waals surface area contributed by atoms with E-state index in [-0.39, 0.29) is 5.82 Å². The number of anilines is 1. The molecule has 1 fully saturated rings. The molecule has 0 aliphatic carbocycles. The third kappa shape index (κ3) is 2.95. The van der Waals surface area contributed by atoms with Crippen LogP contribution in [-0.2, 0) is 0 Å². The number of hydrogen-bond donors (Lipinski definition) is 2.